The third kappa shape index (κ3) is 7.98. The fourth-order valence-corrected chi connectivity index (χ4v) is 1.04. The number of hydrogen-bond donors (Lipinski definition) is 0. The summed E-state index contributed by atoms with van der Waals surface area (Å²) in [6.07, 6.45) is 0. The molecule has 0 aliphatic carbocycles. The molecule has 0 spiro atoms. The Labute approximate surface area is 59.5 Å². The van der Waals surface area contributed by atoms with Crippen LogP contribution in [0.15, 0.2) is 0 Å². The quantitative estimate of drug-likeness (QED) is 0.458. The van der Waals surface area contributed by atoms with Crippen LogP contribution in [0.5, 0.6) is 0 Å². The fraction of sp³-hybridized carbons (Fsp3) is 1.00. The first-order valence-electron chi connectivity index (χ1n) is 3.20. The van der Waals surface area contributed by atoms with Gasteiger partial charge in [-0.15, -0.1) is 0 Å². The molecule has 2 nitrogen and oxygen atoms in total. The van der Waals surface area contributed by atoms with Crippen LogP contribution in [0.2, 0.25) is 0 Å². The van der Waals surface area contributed by atoms with Crippen molar-refractivity contribution in [3.63, 3.8) is 0 Å². The monoisotopic (exact) mass is 129 g/mol. The second-order valence-electron chi connectivity index (χ2n) is 4.35. The summed E-state index contributed by atoms with van der Waals surface area (Å²) < 4.78 is 1.81. The molecule has 0 unspecified atom stereocenters. The van der Waals surface area contributed by atoms with E-state index in [0.29, 0.717) is 0 Å². The Bertz CT molecular complexity index is 76.2. The molecule has 3 heteroatoms. The van der Waals surface area contributed by atoms with Crippen LogP contribution in [-0.2, 0) is 0 Å². The molecule has 0 aliphatic heterocycles. The smallest absolute Gasteiger partial charge is 0.337 e. The maximum Gasteiger partial charge on any atom is 0.791 e. The van der Waals surface area contributed by atoms with Crippen LogP contribution in [-0.4, -0.2) is 58.6 Å². The zero-order valence-electron chi connectivity index (χ0n) is 7.47. The van der Waals surface area contributed by atoms with Crippen molar-refractivity contribution in [2.45, 2.75) is 0 Å². The summed E-state index contributed by atoms with van der Waals surface area (Å²) in [5.74, 6) is 0. The zero-order chi connectivity index (χ0) is 7.71. The van der Waals surface area contributed by atoms with Crippen LogP contribution >= 0.6 is 0 Å². The maximum atomic E-state index is 2.25. The van der Waals surface area contributed by atoms with E-state index in [2.05, 4.69) is 49.8 Å². The van der Waals surface area contributed by atoms with Crippen LogP contribution in [0.3, 0.4) is 0 Å². The third-order valence-electron chi connectivity index (χ3n) is 0.693. The Morgan fingerprint density at radius 2 is 0.889 bits per heavy atom. The molecule has 53 valence electrons. The zero-order valence-corrected chi connectivity index (χ0v) is 7.47. The highest BCUT2D eigenvalue weighted by Gasteiger charge is 2.31. The molecule has 0 heterocycles. The minimum absolute atomic E-state index is 0.906. The van der Waals surface area contributed by atoms with Crippen molar-refractivity contribution in [3.8, 4) is 0 Å². The highest BCUT2D eigenvalue weighted by atomic mass is 15.4. The molecule has 0 aliphatic rings. The molecule has 0 N–H and O–H groups in total. The Hall–Kier alpha value is -0.0151. The topological polar surface area (TPSA) is 0 Å². The summed E-state index contributed by atoms with van der Waals surface area (Å²) in [4.78, 5) is 0. The van der Waals surface area contributed by atoms with Gasteiger partial charge < -0.3 is 8.79 Å². The van der Waals surface area contributed by atoms with Crippen molar-refractivity contribution in [2.24, 2.45) is 0 Å². The van der Waals surface area contributed by atoms with E-state index >= 15 is 0 Å². The highest BCUT2D eigenvalue weighted by molar-refractivity contribution is 6.15. The van der Waals surface area contributed by atoms with Crippen LogP contribution < -0.4 is 0 Å². The van der Waals surface area contributed by atoms with Crippen molar-refractivity contribution < 1.29 is 8.79 Å². The van der Waals surface area contributed by atoms with Gasteiger partial charge in [0.1, 0.15) is 0 Å². The summed E-state index contributed by atoms with van der Waals surface area (Å²) in [7, 11) is 15.2. The second-order valence-corrected chi connectivity index (χ2v) is 4.35. The molecular weight excluding hydrogens is 111 g/mol. The number of hydrogen-bond acceptors (Lipinski definition) is 0. The Kier molecular flexibility index (Phi) is 2.31. The van der Waals surface area contributed by atoms with Crippen molar-refractivity contribution >= 4 is 7.55 Å². The standard InChI is InChI=1S/C6H18BN2/c1-8(2,3)7-9(4,5)6/h1-6H3/q+2. The van der Waals surface area contributed by atoms with Crippen molar-refractivity contribution in [1.82, 2.24) is 0 Å². The Balaban J connectivity index is 3.75. The van der Waals surface area contributed by atoms with Crippen molar-refractivity contribution in [3.05, 3.63) is 0 Å². The second kappa shape index (κ2) is 2.31. The van der Waals surface area contributed by atoms with Gasteiger partial charge in [-0.05, 0) is 0 Å². The summed E-state index contributed by atoms with van der Waals surface area (Å²) in [6, 6.07) is 0. The lowest BCUT2D eigenvalue weighted by molar-refractivity contribution is -0.869. The van der Waals surface area contributed by atoms with E-state index in [1.807, 2.05) is 0 Å². The van der Waals surface area contributed by atoms with Gasteiger partial charge in [-0.1, -0.05) is 0 Å². The van der Waals surface area contributed by atoms with E-state index in [4.69, 9.17) is 0 Å². The summed E-state index contributed by atoms with van der Waals surface area (Å²) in [5, 5.41) is 0. The lowest BCUT2D eigenvalue weighted by Gasteiger charge is -2.28. The lowest BCUT2D eigenvalue weighted by Crippen LogP contribution is -2.54. The van der Waals surface area contributed by atoms with Gasteiger partial charge in [0.25, 0.3) is 0 Å². The summed E-state index contributed by atoms with van der Waals surface area (Å²) in [5.41, 5.74) is 0. The van der Waals surface area contributed by atoms with Crippen LogP contribution in [0.25, 0.3) is 0 Å². The SMILES string of the molecule is C[N+](C)(C)[B][N+](C)(C)C. The number of rotatable bonds is 2. The molecule has 0 rings (SSSR count). The molecule has 0 saturated carbocycles. The van der Waals surface area contributed by atoms with Gasteiger partial charge in [-0.2, -0.15) is 0 Å². The minimum atomic E-state index is 0.906. The van der Waals surface area contributed by atoms with Gasteiger partial charge >= 0.3 is 7.55 Å². The van der Waals surface area contributed by atoms with E-state index in [1.54, 1.807) is 0 Å². The predicted molar refractivity (Wildman–Crippen MR) is 41.8 cm³/mol. The average Bonchev–Trinajstić information content (AvgIpc) is 1.14. The van der Waals surface area contributed by atoms with Gasteiger partial charge in [-0.3, -0.25) is 0 Å². The number of nitrogens with zero attached hydrogens (tertiary/aromatic N) is 2. The summed E-state index contributed by atoms with van der Waals surface area (Å²) >= 11 is 0. The first kappa shape index (κ1) is 8.98. The van der Waals surface area contributed by atoms with Crippen LogP contribution in [0, 0.1) is 0 Å². The van der Waals surface area contributed by atoms with Crippen molar-refractivity contribution in [1.29, 1.82) is 0 Å². The van der Waals surface area contributed by atoms with E-state index in [1.165, 1.54) is 0 Å². The lowest BCUT2D eigenvalue weighted by atomic mass is 10.0. The molecular formula is C6H18BN2+2. The molecule has 0 fully saturated rings. The first-order chi connectivity index (χ1) is 3.71. The molecule has 9 heavy (non-hydrogen) atoms. The maximum absolute atomic E-state index is 2.25. The molecule has 0 aromatic carbocycles. The predicted octanol–water partition coefficient (Wildman–Crippen LogP) is -0.0670. The Morgan fingerprint density at radius 3 is 0.889 bits per heavy atom. The average molecular weight is 129 g/mol. The molecule has 0 atom stereocenters. The molecule has 0 aromatic rings. The van der Waals surface area contributed by atoms with Crippen LogP contribution in [0.1, 0.15) is 0 Å². The van der Waals surface area contributed by atoms with Gasteiger partial charge in [0.15, 0.2) is 0 Å². The highest BCUT2D eigenvalue weighted by Crippen LogP contribution is 1.94. The van der Waals surface area contributed by atoms with Crippen molar-refractivity contribution in [2.75, 3.05) is 42.3 Å². The van der Waals surface area contributed by atoms with E-state index in [0.717, 1.165) is 8.79 Å². The van der Waals surface area contributed by atoms with Gasteiger partial charge in [0.05, 0.1) is 42.3 Å². The van der Waals surface area contributed by atoms with E-state index in [-0.39, 0.29) is 0 Å². The molecule has 0 saturated heterocycles. The molecule has 0 bridgehead atoms. The normalized spacial score (nSPS) is 13.6. The van der Waals surface area contributed by atoms with E-state index < -0.39 is 0 Å². The third-order valence-corrected chi connectivity index (χ3v) is 0.693. The van der Waals surface area contributed by atoms with Crippen LogP contribution in [0.4, 0.5) is 0 Å². The van der Waals surface area contributed by atoms with E-state index in [9.17, 15) is 0 Å². The molecule has 0 aromatic heterocycles. The summed E-state index contributed by atoms with van der Waals surface area (Å²) in [6.45, 7) is 0. The molecule has 0 amide bonds. The number of quaternary nitrogens is 2. The first-order valence-corrected chi connectivity index (χ1v) is 3.20. The fourth-order valence-electron chi connectivity index (χ4n) is 1.04. The largest absolute Gasteiger partial charge is 0.791 e. The molecule has 1 radical (unpaired) electrons. The van der Waals surface area contributed by atoms with Gasteiger partial charge in [0.2, 0.25) is 0 Å². The van der Waals surface area contributed by atoms with Gasteiger partial charge in [-0.25, -0.2) is 0 Å². The minimum Gasteiger partial charge on any atom is -0.337 e. The Morgan fingerprint density at radius 1 is 0.667 bits per heavy atom. The van der Waals surface area contributed by atoms with Gasteiger partial charge in [0, 0.05) is 0 Å².